The predicted octanol–water partition coefficient (Wildman–Crippen LogP) is 3.65. The highest BCUT2D eigenvalue weighted by Gasteiger charge is 2.57. The highest BCUT2D eigenvalue weighted by molar-refractivity contribution is 6.12. The quantitative estimate of drug-likeness (QED) is 0.417. The van der Waals surface area contributed by atoms with Crippen molar-refractivity contribution in [1.29, 1.82) is 0 Å². The number of carbonyl (C=O) groups is 3. The van der Waals surface area contributed by atoms with Crippen LogP contribution in [-0.4, -0.2) is 31.8 Å². The van der Waals surface area contributed by atoms with Gasteiger partial charge in [-0.2, -0.15) is 0 Å². The van der Waals surface area contributed by atoms with Crippen LogP contribution in [0.4, 0.5) is 0 Å². The van der Waals surface area contributed by atoms with E-state index in [-0.39, 0.29) is 18.0 Å². The molecule has 0 amide bonds. The molecular weight excluding hydrogens is 356 g/mol. The molecule has 2 aromatic carbocycles. The average molecular weight is 380 g/mol. The predicted molar refractivity (Wildman–Crippen MR) is 104 cm³/mol. The minimum atomic E-state index is -1.43. The number of benzene rings is 2. The van der Waals surface area contributed by atoms with Crippen molar-refractivity contribution in [2.75, 3.05) is 14.2 Å². The Labute approximate surface area is 164 Å². The molecule has 146 valence electrons. The summed E-state index contributed by atoms with van der Waals surface area (Å²) >= 11 is 0. The molecule has 0 radical (unpaired) electrons. The summed E-state index contributed by atoms with van der Waals surface area (Å²) in [7, 11) is 2.82. The van der Waals surface area contributed by atoms with E-state index in [1.165, 1.54) is 7.11 Å². The number of methoxy groups -OCH3 is 2. The van der Waals surface area contributed by atoms with Crippen LogP contribution in [-0.2, 0) is 20.7 Å². The zero-order valence-corrected chi connectivity index (χ0v) is 16.1. The Morgan fingerprint density at radius 3 is 2.29 bits per heavy atom. The van der Waals surface area contributed by atoms with Gasteiger partial charge in [-0.3, -0.25) is 14.4 Å². The van der Waals surface area contributed by atoms with Crippen molar-refractivity contribution >= 4 is 17.5 Å². The maximum atomic E-state index is 13.3. The second kappa shape index (κ2) is 8.38. The molecule has 3 rings (SSSR count). The molecule has 0 N–H and O–H groups in total. The van der Waals surface area contributed by atoms with Gasteiger partial charge in [-0.05, 0) is 42.7 Å². The minimum Gasteiger partial charge on any atom is -0.497 e. The minimum absolute atomic E-state index is 0.0995. The van der Waals surface area contributed by atoms with Gasteiger partial charge in [0.15, 0.2) is 11.6 Å². The van der Waals surface area contributed by atoms with Crippen molar-refractivity contribution in [3.05, 3.63) is 65.7 Å². The highest BCUT2D eigenvalue weighted by Crippen LogP contribution is 2.47. The standard InChI is InChI=1S/C23H24O5/c1-27-18-12-10-17(11-13-18)21(25)19-9-6-14-23(19,22(26)28-2)20(24)15-16-7-4-3-5-8-16/h3-5,7-8,10-13,19H,6,9,14-15H2,1-2H3. The lowest BCUT2D eigenvalue weighted by molar-refractivity contribution is -0.159. The summed E-state index contributed by atoms with van der Waals surface area (Å²) < 4.78 is 10.2. The number of carbonyl (C=O) groups excluding carboxylic acids is 3. The number of ether oxygens (including phenoxy) is 2. The molecule has 0 aliphatic heterocycles. The first-order valence-corrected chi connectivity index (χ1v) is 9.37. The molecule has 5 nitrogen and oxygen atoms in total. The molecule has 28 heavy (non-hydrogen) atoms. The number of Topliss-reactive ketones (excluding diaryl/α,β-unsaturated/α-hetero) is 2. The fraction of sp³-hybridized carbons (Fsp3) is 0.348. The number of rotatable bonds is 7. The summed E-state index contributed by atoms with van der Waals surface area (Å²) in [6.07, 6.45) is 1.54. The molecular formula is C23H24O5. The van der Waals surface area contributed by atoms with Gasteiger partial charge in [-0.1, -0.05) is 36.8 Å². The molecule has 2 aromatic rings. The second-order valence-electron chi connectivity index (χ2n) is 7.09. The summed E-state index contributed by atoms with van der Waals surface area (Å²) in [6, 6.07) is 16.0. The molecule has 1 aliphatic rings. The van der Waals surface area contributed by atoms with Crippen LogP contribution in [0.3, 0.4) is 0 Å². The molecule has 0 bridgehead atoms. The zero-order chi connectivity index (χ0) is 20.1. The van der Waals surface area contributed by atoms with Gasteiger partial charge in [0, 0.05) is 17.9 Å². The van der Waals surface area contributed by atoms with Gasteiger partial charge in [-0.15, -0.1) is 0 Å². The largest absolute Gasteiger partial charge is 0.497 e. The van der Waals surface area contributed by atoms with E-state index in [1.54, 1.807) is 31.4 Å². The summed E-state index contributed by atoms with van der Waals surface area (Å²) in [5.41, 5.74) is -0.145. The number of hydrogen-bond donors (Lipinski definition) is 0. The first-order chi connectivity index (χ1) is 13.5. The fourth-order valence-electron chi connectivity index (χ4n) is 4.13. The molecule has 1 saturated carbocycles. The van der Waals surface area contributed by atoms with Gasteiger partial charge >= 0.3 is 5.97 Å². The number of esters is 1. The third-order valence-electron chi connectivity index (χ3n) is 5.60. The van der Waals surface area contributed by atoms with Crippen LogP contribution in [0.25, 0.3) is 0 Å². The van der Waals surface area contributed by atoms with Crippen molar-refractivity contribution in [2.24, 2.45) is 11.3 Å². The third kappa shape index (κ3) is 3.57. The topological polar surface area (TPSA) is 69.7 Å². The Kier molecular flexibility index (Phi) is 5.93. The van der Waals surface area contributed by atoms with Gasteiger partial charge in [0.05, 0.1) is 14.2 Å². The molecule has 5 heteroatoms. The zero-order valence-electron chi connectivity index (χ0n) is 16.1. The van der Waals surface area contributed by atoms with Crippen LogP contribution in [0.5, 0.6) is 5.75 Å². The fourth-order valence-corrected chi connectivity index (χ4v) is 4.13. The van der Waals surface area contributed by atoms with Crippen molar-refractivity contribution in [3.63, 3.8) is 0 Å². The van der Waals surface area contributed by atoms with Crippen LogP contribution >= 0.6 is 0 Å². The SMILES string of the molecule is COC(=O)C1(C(=O)Cc2ccccc2)CCCC1C(=O)c1ccc(OC)cc1. The van der Waals surface area contributed by atoms with Crippen molar-refractivity contribution < 1.29 is 23.9 Å². The highest BCUT2D eigenvalue weighted by atomic mass is 16.5. The molecule has 0 saturated heterocycles. The smallest absolute Gasteiger partial charge is 0.320 e. The van der Waals surface area contributed by atoms with E-state index in [1.807, 2.05) is 30.3 Å². The van der Waals surface area contributed by atoms with Crippen molar-refractivity contribution in [3.8, 4) is 5.75 Å². The summed E-state index contributed by atoms with van der Waals surface area (Å²) in [5, 5.41) is 0. The van der Waals surface area contributed by atoms with E-state index in [0.717, 1.165) is 5.56 Å². The Morgan fingerprint density at radius 2 is 1.68 bits per heavy atom. The van der Waals surface area contributed by atoms with Crippen LogP contribution in [0.2, 0.25) is 0 Å². The summed E-state index contributed by atoms with van der Waals surface area (Å²) in [4.78, 5) is 39.3. The molecule has 0 spiro atoms. The first-order valence-electron chi connectivity index (χ1n) is 9.37. The average Bonchev–Trinajstić information content (AvgIpc) is 3.19. The Morgan fingerprint density at radius 1 is 1.00 bits per heavy atom. The third-order valence-corrected chi connectivity index (χ3v) is 5.60. The van der Waals surface area contributed by atoms with Crippen LogP contribution in [0.15, 0.2) is 54.6 Å². The first kappa shape index (κ1) is 19.8. The molecule has 1 aliphatic carbocycles. The molecule has 0 aromatic heterocycles. The molecule has 2 atom stereocenters. The second-order valence-corrected chi connectivity index (χ2v) is 7.09. The van der Waals surface area contributed by atoms with E-state index in [2.05, 4.69) is 0 Å². The summed E-state index contributed by atoms with van der Waals surface area (Å²) in [6.45, 7) is 0. The van der Waals surface area contributed by atoms with E-state index in [0.29, 0.717) is 30.6 Å². The molecule has 1 fully saturated rings. The van der Waals surface area contributed by atoms with Crippen molar-refractivity contribution in [1.82, 2.24) is 0 Å². The van der Waals surface area contributed by atoms with Crippen molar-refractivity contribution in [2.45, 2.75) is 25.7 Å². The van der Waals surface area contributed by atoms with Crippen LogP contribution in [0, 0.1) is 11.3 Å². The van der Waals surface area contributed by atoms with Gasteiger partial charge in [0.1, 0.15) is 11.2 Å². The lowest BCUT2D eigenvalue weighted by Crippen LogP contribution is -2.47. The lowest BCUT2D eigenvalue weighted by atomic mass is 9.70. The lowest BCUT2D eigenvalue weighted by Gasteiger charge is -2.30. The Bertz CT molecular complexity index is 856. The van der Waals surface area contributed by atoms with Gasteiger partial charge < -0.3 is 9.47 Å². The Hall–Kier alpha value is -2.95. The normalized spacial score (nSPS) is 21.1. The molecule has 0 heterocycles. The maximum absolute atomic E-state index is 13.3. The van der Waals surface area contributed by atoms with E-state index in [4.69, 9.17) is 9.47 Å². The van der Waals surface area contributed by atoms with Gasteiger partial charge in [0.2, 0.25) is 0 Å². The Balaban J connectivity index is 1.94. The van der Waals surface area contributed by atoms with Gasteiger partial charge in [-0.25, -0.2) is 0 Å². The summed E-state index contributed by atoms with van der Waals surface area (Å²) in [5.74, 6) is -1.15. The maximum Gasteiger partial charge on any atom is 0.320 e. The van der Waals surface area contributed by atoms with Gasteiger partial charge in [0.25, 0.3) is 0 Å². The molecule has 2 unspecified atom stereocenters. The number of hydrogen-bond acceptors (Lipinski definition) is 5. The van der Waals surface area contributed by atoms with E-state index < -0.39 is 17.3 Å². The monoisotopic (exact) mass is 380 g/mol. The van der Waals surface area contributed by atoms with Crippen LogP contribution in [0.1, 0.15) is 35.2 Å². The van der Waals surface area contributed by atoms with Crippen LogP contribution < -0.4 is 4.74 Å². The van der Waals surface area contributed by atoms with E-state index >= 15 is 0 Å². The van der Waals surface area contributed by atoms with E-state index in [9.17, 15) is 14.4 Å². The number of ketones is 2.